The molecule has 0 unspecified atom stereocenters. The number of rotatable bonds is 2. The van der Waals surface area contributed by atoms with Gasteiger partial charge in [-0.15, -0.1) is 0 Å². The molecule has 0 saturated carbocycles. The molecule has 2 N–H and O–H groups in total. The molecule has 94 valence electrons. The lowest BCUT2D eigenvalue weighted by Gasteiger charge is -2.09. The van der Waals surface area contributed by atoms with Gasteiger partial charge < -0.3 is 5.73 Å². The molecule has 2 aromatic carbocycles. The Kier molecular flexibility index (Phi) is 2.76. The van der Waals surface area contributed by atoms with Gasteiger partial charge in [-0.1, -0.05) is 24.3 Å². The smallest absolute Gasteiger partial charge is 0.207 e. The summed E-state index contributed by atoms with van der Waals surface area (Å²) in [6, 6.07) is 15.1. The maximum absolute atomic E-state index is 11.7. The van der Waals surface area contributed by atoms with Gasteiger partial charge in [0.25, 0.3) is 0 Å². The average molecular weight is 251 g/mol. The molecular formula is C15H13N3O. The van der Waals surface area contributed by atoms with E-state index in [9.17, 15) is 4.79 Å². The van der Waals surface area contributed by atoms with E-state index in [1.807, 2.05) is 53.2 Å². The Morgan fingerprint density at radius 2 is 1.79 bits per heavy atom. The SMILES string of the molecule is Nc1ccc(Cn2ncc(=O)c3ccccc32)cc1. The van der Waals surface area contributed by atoms with Crippen LogP contribution < -0.4 is 11.2 Å². The second kappa shape index (κ2) is 4.57. The van der Waals surface area contributed by atoms with Crippen LogP contribution in [-0.2, 0) is 6.54 Å². The minimum atomic E-state index is -0.0517. The first-order chi connectivity index (χ1) is 9.24. The number of fused-ring (bicyclic) bond motifs is 1. The largest absolute Gasteiger partial charge is 0.399 e. The van der Waals surface area contributed by atoms with E-state index >= 15 is 0 Å². The summed E-state index contributed by atoms with van der Waals surface area (Å²) >= 11 is 0. The number of hydrogen-bond donors (Lipinski definition) is 1. The first kappa shape index (κ1) is 11.5. The van der Waals surface area contributed by atoms with E-state index in [4.69, 9.17) is 5.73 Å². The van der Waals surface area contributed by atoms with Crippen LogP contribution in [0.4, 0.5) is 5.69 Å². The Balaban J connectivity index is 2.08. The predicted molar refractivity (Wildman–Crippen MR) is 76.0 cm³/mol. The van der Waals surface area contributed by atoms with Crippen molar-refractivity contribution in [3.8, 4) is 0 Å². The second-order valence-corrected chi connectivity index (χ2v) is 4.43. The average Bonchev–Trinajstić information content (AvgIpc) is 2.45. The molecule has 0 saturated heterocycles. The van der Waals surface area contributed by atoms with Crippen LogP contribution in [-0.4, -0.2) is 9.78 Å². The van der Waals surface area contributed by atoms with Crippen molar-refractivity contribution >= 4 is 16.6 Å². The Bertz CT molecular complexity index is 775. The van der Waals surface area contributed by atoms with Crippen molar-refractivity contribution in [1.29, 1.82) is 0 Å². The number of aromatic nitrogens is 2. The van der Waals surface area contributed by atoms with Gasteiger partial charge in [-0.25, -0.2) is 0 Å². The number of para-hydroxylation sites is 1. The van der Waals surface area contributed by atoms with Crippen molar-refractivity contribution in [2.24, 2.45) is 0 Å². The molecule has 0 amide bonds. The van der Waals surface area contributed by atoms with E-state index in [0.717, 1.165) is 16.8 Å². The lowest BCUT2D eigenvalue weighted by atomic mass is 10.2. The minimum Gasteiger partial charge on any atom is -0.399 e. The van der Waals surface area contributed by atoms with Crippen LogP contribution in [0.25, 0.3) is 10.9 Å². The van der Waals surface area contributed by atoms with Crippen molar-refractivity contribution in [2.75, 3.05) is 5.73 Å². The normalized spacial score (nSPS) is 10.7. The molecule has 4 nitrogen and oxygen atoms in total. The summed E-state index contributed by atoms with van der Waals surface area (Å²) in [6.07, 6.45) is 1.36. The first-order valence-corrected chi connectivity index (χ1v) is 6.03. The summed E-state index contributed by atoms with van der Waals surface area (Å²) in [7, 11) is 0. The van der Waals surface area contributed by atoms with Crippen LogP contribution in [0.3, 0.4) is 0 Å². The van der Waals surface area contributed by atoms with Crippen LogP contribution in [0.15, 0.2) is 59.5 Å². The summed E-state index contributed by atoms with van der Waals surface area (Å²) in [5.41, 5.74) is 8.29. The Morgan fingerprint density at radius 3 is 2.58 bits per heavy atom. The van der Waals surface area contributed by atoms with E-state index in [1.165, 1.54) is 6.20 Å². The molecule has 0 fully saturated rings. The van der Waals surface area contributed by atoms with Crippen molar-refractivity contribution < 1.29 is 0 Å². The zero-order valence-electron chi connectivity index (χ0n) is 10.3. The third kappa shape index (κ3) is 2.20. The number of nitrogens with two attached hydrogens (primary N) is 1. The van der Waals surface area contributed by atoms with Gasteiger partial charge in [0.15, 0.2) is 0 Å². The molecular weight excluding hydrogens is 238 g/mol. The van der Waals surface area contributed by atoms with Crippen molar-refractivity contribution in [3.63, 3.8) is 0 Å². The molecule has 1 aromatic heterocycles. The van der Waals surface area contributed by atoms with Gasteiger partial charge in [0, 0.05) is 11.1 Å². The van der Waals surface area contributed by atoms with Gasteiger partial charge in [0.1, 0.15) is 0 Å². The summed E-state index contributed by atoms with van der Waals surface area (Å²) < 4.78 is 1.82. The molecule has 19 heavy (non-hydrogen) atoms. The third-order valence-electron chi connectivity index (χ3n) is 3.07. The summed E-state index contributed by atoms with van der Waals surface area (Å²) in [4.78, 5) is 11.7. The Labute approximate surface area is 110 Å². The Morgan fingerprint density at radius 1 is 1.05 bits per heavy atom. The van der Waals surface area contributed by atoms with E-state index in [0.29, 0.717) is 11.9 Å². The van der Waals surface area contributed by atoms with E-state index in [1.54, 1.807) is 0 Å². The lowest BCUT2D eigenvalue weighted by Crippen LogP contribution is -2.12. The molecule has 0 bridgehead atoms. The van der Waals surface area contributed by atoms with Crippen molar-refractivity contribution in [1.82, 2.24) is 9.78 Å². The topological polar surface area (TPSA) is 60.9 Å². The molecule has 1 heterocycles. The molecule has 0 atom stereocenters. The number of hydrogen-bond acceptors (Lipinski definition) is 3. The van der Waals surface area contributed by atoms with E-state index in [-0.39, 0.29) is 5.43 Å². The minimum absolute atomic E-state index is 0.0517. The predicted octanol–water partition coefficient (Wildman–Crippen LogP) is 2.03. The fourth-order valence-corrected chi connectivity index (χ4v) is 2.08. The van der Waals surface area contributed by atoms with Gasteiger partial charge >= 0.3 is 0 Å². The standard InChI is InChI=1S/C15H13N3O/c16-12-7-5-11(6-8-12)10-18-14-4-2-1-3-13(14)15(19)9-17-18/h1-9H,10,16H2. The molecule has 0 aliphatic heterocycles. The van der Waals surface area contributed by atoms with Gasteiger partial charge in [-0.05, 0) is 29.8 Å². The fourth-order valence-electron chi connectivity index (χ4n) is 2.08. The highest BCUT2D eigenvalue weighted by molar-refractivity contribution is 5.77. The highest BCUT2D eigenvalue weighted by Crippen LogP contribution is 2.11. The molecule has 3 rings (SSSR count). The zero-order chi connectivity index (χ0) is 13.2. The maximum atomic E-state index is 11.7. The molecule has 0 radical (unpaired) electrons. The number of benzene rings is 2. The van der Waals surface area contributed by atoms with Crippen LogP contribution in [0, 0.1) is 0 Å². The van der Waals surface area contributed by atoms with Gasteiger partial charge in [-0.2, -0.15) is 5.10 Å². The van der Waals surface area contributed by atoms with E-state index in [2.05, 4.69) is 5.10 Å². The van der Waals surface area contributed by atoms with Crippen molar-refractivity contribution in [2.45, 2.75) is 6.54 Å². The quantitative estimate of drug-likeness (QED) is 0.709. The highest BCUT2D eigenvalue weighted by atomic mass is 16.1. The number of anilines is 1. The molecule has 0 spiro atoms. The zero-order valence-corrected chi connectivity index (χ0v) is 10.3. The van der Waals surface area contributed by atoms with Crippen LogP contribution in [0.1, 0.15) is 5.56 Å². The van der Waals surface area contributed by atoms with Crippen LogP contribution in [0.2, 0.25) is 0 Å². The van der Waals surface area contributed by atoms with Crippen LogP contribution >= 0.6 is 0 Å². The van der Waals surface area contributed by atoms with Crippen LogP contribution in [0.5, 0.6) is 0 Å². The Hall–Kier alpha value is -2.62. The van der Waals surface area contributed by atoms with Gasteiger partial charge in [0.2, 0.25) is 5.43 Å². The number of nitrogens with zero attached hydrogens (tertiary/aromatic N) is 2. The van der Waals surface area contributed by atoms with Crippen molar-refractivity contribution in [3.05, 3.63) is 70.5 Å². The molecule has 0 aliphatic carbocycles. The summed E-state index contributed by atoms with van der Waals surface area (Å²) in [6.45, 7) is 0.612. The molecule has 4 heteroatoms. The highest BCUT2D eigenvalue weighted by Gasteiger charge is 2.03. The monoisotopic (exact) mass is 251 g/mol. The third-order valence-corrected chi connectivity index (χ3v) is 3.07. The number of nitrogen functional groups attached to an aromatic ring is 1. The maximum Gasteiger partial charge on any atom is 0.207 e. The fraction of sp³-hybridized carbons (Fsp3) is 0.0667. The summed E-state index contributed by atoms with van der Waals surface area (Å²) in [5.74, 6) is 0. The summed E-state index contributed by atoms with van der Waals surface area (Å²) in [5, 5.41) is 4.88. The van der Waals surface area contributed by atoms with Gasteiger partial charge in [-0.3, -0.25) is 9.48 Å². The first-order valence-electron chi connectivity index (χ1n) is 6.03. The molecule has 0 aliphatic rings. The second-order valence-electron chi connectivity index (χ2n) is 4.43. The van der Waals surface area contributed by atoms with Gasteiger partial charge in [0.05, 0.1) is 18.3 Å². The van der Waals surface area contributed by atoms with E-state index < -0.39 is 0 Å². The lowest BCUT2D eigenvalue weighted by molar-refractivity contribution is 0.695. The molecule has 3 aromatic rings.